The Kier molecular flexibility index (Phi) is 4.38. The molecular formula is C19H17FN2O2S2. The van der Waals surface area contributed by atoms with Gasteiger partial charge in [0.05, 0.1) is 17.1 Å². The maximum absolute atomic E-state index is 13.1. The van der Waals surface area contributed by atoms with Crippen molar-refractivity contribution in [3.63, 3.8) is 0 Å². The highest BCUT2D eigenvalue weighted by atomic mass is 32.2. The second kappa shape index (κ2) is 6.57. The van der Waals surface area contributed by atoms with E-state index in [0.29, 0.717) is 19.5 Å². The molecule has 0 spiro atoms. The van der Waals surface area contributed by atoms with E-state index in [0.717, 1.165) is 21.1 Å². The summed E-state index contributed by atoms with van der Waals surface area (Å²) in [6, 6.07) is 13.1. The van der Waals surface area contributed by atoms with E-state index in [1.54, 1.807) is 0 Å². The maximum atomic E-state index is 13.1. The van der Waals surface area contributed by atoms with Crippen LogP contribution < -0.4 is 0 Å². The molecule has 0 fully saturated rings. The first-order valence-electron chi connectivity index (χ1n) is 8.25. The van der Waals surface area contributed by atoms with Crippen LogP contribution in [0.3, 0.4) is 0 Å². The van der Waals surface area contributed by atoms with Gasteiger partial charge in [-0.2, -0.15) is 4.31 Å². The topological polar surface area (TPSA) is 50.3 Å². The van der Waals surface area contributed by atoms with E-state index in [4.69, 9.17) is 4.98 Å². The Labute approximate surface area is 156 Å². The highest BCUT2D eigenvalue weighted by Gasteiger charge is 2.30. The summed E-state index contributed by atoms with van der Waals surface area (Å²) in [4.78, 5) is 5.79. The van der Waals surface area contributed by atoms with Crippen LogP contribution in [0.25, 0.3) is 10.6 Å². The molecule has 1 aliphatic rings. The zero-order chi connectivity index (χ0) is 18.3. The Bertz CT molecular complexity index is 1040. The summed E-state index contributed by atoms with van der Waals surface area (Å²) >= 11 is 1.53. The van der Waals surface area contributed by atoms with Gasteiger partial charge in [-0.1, -0.05) is 29.8 Å². The molecular weight excluding hydrogens is 371 g/mol. The summed E-state index contributed by atoms with van der Waals surface area (Å²) in [6.07, 6.45) is 0.581. The van der Waals surface area contributed by atoms with Gasteiger partial charge in [0.15, 0.2) is 0 Å². The highest BCUT2D eigenvalue weighted by molar-refractivity contribution is 7.89. The summed E-state index contributed by atoms with van der Waals surface area (Å²) in [7, 11) is -3.64. The van der Waals surface area contributed by atoms with Crippen molar-refractivity contribution < 1.29 is 12.8 Å². The Morgan fingerprint density at radius 2 is 1.77 bits per heavy atom. The van der Waals surface area contributed by atoms with Crippen LogP contribution in [-0.4, -0.2) is 24.3 Å². The third-order valence-corrected chi connectivity index (χ3v) is 7.44. The molecule has 0 unspecified atom stereocenters. The molecule has 0 radical (unpaired) electrons. The minimum atomic E-state index is -3.64. The summed E-state index contributed by atoms with van der Waals surface area (Å²) in [5.41, 5.74) is 3.20. The van der Waals surface area contributed by atoms with Gasteiger partial charge < -0.3 is 0 Å². The van der Waals surface area contributed by atoms with Gasteiger partial charge in [0, 0.05) is 23.4 Å². The molecule has 1 aliphatic heterocycles. The monoisotopic (exact) mass is 388 g/mol. The molecule has 3 aromatic rings. The second-order valence-corrected chi connectivity index (χ2v) is 9.32. The lowest BCUT2D eigenvalue weighted by molar-refractivity contribution is 0.393. The lowest BCUT2D eigenvalue weighted by Crippen LogP contribution is -2.35. The lowest BCUT2D eigenvalue weighted by Gasteiger charge is -2.25. The van der Waals surface area contributed by atoms with Crippen LogP contribution in [0.4, 0.5) is 4.39 Å². The number of nitrogens with zero attached hydrogens (tertiary/aromatic N) is 2. The van der Waals surface area contributed by atoms with Crippen LogP contribution in [0.1, 0.15) is 16.1 Å². The smallest absolute Gasteiger partial charge is 0.241 e. The number of fused-ring (bicyclic) bond motifs is 1. The Morgan fingerprint density at radius 1 is 1.08 bits per heavy atom. The minimum Gasteiger partial charge on any atom is -0.241 e. The van der Waals surface area contributed by atoms with Crippen molar-refractivity contribution in [2.24, 2.45) is 0 Å². The molecule has 0 bridgehead atoms. The number of rotatable bonds is 3. The van der Waals surface area contributed by atoms with E-state index in [-0.39, 0.29) is 4.90 Å². The lowest BCUT2D eigenvalue weighted by atomic mass is 10.1. The first-order valence-corrected chi connectivity index (χ1v) is 10.5. The number of halogens is 1. The number of aryl methyl sites for hydroxylation is 1. The molecule has 26 heavy (non-hydrogen) atoms. The average Bonchev–Trinajstić information content (AvgIpc) is 3.06. The molecule has 4 rings (SSSR count). The third kappa shape index (κ3) is 3.18. The largest absolute Gasteiger partial charge is 0.243 e. The van der Waals surface area contributed by atoms with Gasteiger partial charge in [-0.15, -0.1) is 11.3 Å². The number of hydrogen-bond donors (Lipinski definition) is 0. The quantitative estimate of drug-likeness (QED) is 0.681. The van der Waals surface area contributed by atoms with Gasteiger partial charge in [-0.25, -0.2) is 17.8 Å². The van der Waals surface area contributed by atoms with Gasteiger partial charge in [-0.05, 0) is 31.2 Å². The van der Waals surface area contributed by atoms with Crippen LogP contribution in [0.15, 0.2) is 53.4 Å². The number of sulfonamides is 1. The van der Waals surface area contributed by atoms with Crippen LogP contribution >= 0.6 is 11.3 Å². The predicted molar refractivity (Wildman–Crippen MR) is 100.0 cm³/mol. The van der Waals surface area contributed by atoms with Crippen LogP contribution in [0.5, 0.6) is 0 Å². The Balaban J connectivity index is 1.61. The number of thiazole rings is 1. The second-order valence-electron chi connectivity index (χ2n) is 6.30. The molecule has 0 N–H and O–H groups in total. The predicted octanol–water partition coefficient (Wildman–Crippen LogP) is 4.00. The minimum absolute atomic E-state index is 0.116. The molecule has 0 amide bonds. The first-order chi connectivity index (χ1) is 12.4. The van der Waals surface area contributed by atoms with E-state index in [1.807, 2.05) is 31.2 Å². The first kappa shape index (κ1) is 17.3. The molecule has 4 nitrogen and oxygen atoms in total. The number of hydrogen-bond acceptors (Lipinski definition) is 4. The average molecular weight is 388 g/mol. The van der Waals surface area contributed by atoms with Crippen molar-refractivity contribution in [1.29, 1.82) is 0 Å². The number of benzene rings is 2. The molecule has 0 aliphatic carbocycles. The van der Waals surface area contributed by atoms with Crippen molar-refractivity contribution in [3.8, 4) is 10.6 Å². The van der Waals surface area contributed by atoms with Gasteiger partial charge in [-0.3, -0.25) is 0 Å². The van der Waals surface area contributed by atoms with Crippen molar-refractivity contribution in [2.45, 2.75) is 24.8 Å². The standard InChI is InChI=1S/C19H17FN2O2S2/c1-13-2-4-14(5-3-13)19-21-17-10-11-22(12-18(17)25-19)26(23,24)16-8-6-15(20)7-9-16/h2-9H,10-12H2,1H3. The SMILES string of the molecule is Cc1ccc(-c2nc3c(s2)CN(S(=O)(=O)c2ccc(F)cc2)CC3)cc1. The normalized spacial score (nSPS) is 15.0. The summed E-state index contributed by atoms with van der Waals surface area (Å²) in [5.74, 6) is -0.449. The Hall–Kier alpha value is -2.09. The van der Waals surface area contributed by atoms with Crippen molar-refractivity contribution in [1.82, 2.24) is 9.29 Å². The van der Waals surface area contributed by atoms with Crippen molar-refractivity contribution in [3.05, 3.63) is 70.5 Å². The van der Waals surface area contributed by atoms with Crippen LogP contribution in [0.2, 0.25) is 0 Å². The van der Waals surface area contributed by atoms with Crippen molar-refractivity contribution >= 4 is 21.4 Å². The van der Waals surface area contributed by atoms with Crippen molar-refractivity contribution in [2.75, 3.05) is 6.54 Å². The zero-order valence-corrected chi connectivity index (χ0v) is 15.8. The fraction of sp³-hybridized carbons (Fsp3) is 0.211. The number of aromatic nitrogens is 1. The fourth-order valence-corrected chi connectivity index (χ4v) is 5.57. The molecule has 1 aromatic heterocycles. The Morgan fingerprint density at radius 3 is 2.46 bits per heavy atom. The van der Waals surface area contributed by atoms with Gasteiger partial charge in [0.25, 0.3) is 0 Å². The molecule has 0 atom stereocenters. The van der Waals surface area contributed by atoms with Crippen LogP contribution in [0, 0.1) is 12.7 Å². The van der Waals surface area contributed by atoms with Gasteiger partial charge in [0.1, 0.15) is 10.8 Å². The molecule has 134 valence electrons. The van der Waals surface area contributed by atoms with E-state index < -0.39 is 15.8 Å². The summed E-state index contributed by atoms with van der Waals surface area (Å²) in [6.45, 7) is 2.72. The van der Waals surface area contributed by atoms with Gasteiger partial charge in [0.2, 0.25) is 10.0 Å². The van der Waals surface area contributed by atoms with Crippen LogP contribution in [-0.2, 0) is 23.0 Å². The molecule has 0 saturated heterocycles. The fourth-order valence-electron chi connectivity index (χ4n) is 2.95. The summed E-state index contributed by atoms with van der Waals surface area (Å²) in [5, 5.41) is 0.913. The molecule has 2 heterocycles. The van der Waals surface area contributed by atoms with Gasteiger partial charge >= 0.3 is 0 Å². The van der Waals surface area contributed by atoms with E-state index in [2.05, 4.69) is 0 Å². The molecule has 0 saturated carbocycles. The third-order valence-electron chi connectivity index (χ3n) is 4.45. The highest BCUT2D eigenvalue weighted by Crippen LogP contribution is 2.33. The zero-order valence-electron chi connectivity index (χ0n) is 14.1. The maximum Gasteiger partial charge on any atom is 0.243 e. The molecule has 7 heteroatoms. The molecule has 2 aromatic carbocycles. The van der Waals surface area contributed by atoms with E-state index >= 15 is 0 Å². The van der Waals surface area contributed by atoms with E-state index in [9.17, 15) is 12.8 Å². The summed E-state index contributed by atoms with van der Waals surface area (Å²) < 4.78 is 40.2. The van der Waals surface area contributed by atoms with E-state index in [1.165, 1.54) is 45.5 Å².